The molecule has 0 spiro atoms. The average molecular weight is 274 g/mol. The van der Waals surface area contributed by atoms with Crippen LogP contribution in [0.3, 0.4) is 0 Å². The van der Waals surface area contributed by atoms with Gasteiger partial charge in [-0.25, -0.2) is 9.59 Å². The minimum absolute atomic E-state index is 0.648. The first-order chi connectivity index (χ1) is 8.76. The van der Waals surface area contributed by atoms with Crippen molar-refractivity contribution >= 4 is 11.9 Å². The van der Waals surface area contributed by atoms with E-state index in [0.717, 1.165) is 24.3 Å². The van der Waals surface area contributed by atoms with E-state index in [1.54, 1.807) is 0 Å². The Kier molecular flexibility index (Phi) is 6.40. The summed E-state index contributed by atoms with van der Waals surface area (Å²) in [6.07, 6.45) is 3.78. The summed E-state index contributed by atoms with van der Waals surface area (Å²) in [6.45, 7) is -0.534. The molecule has 7 heteroatoms. The lowest BCUT2D eigenvalue weighted by molar-refractivity contribution is -0.132. The molecule has 0 saturated heterocycles. The average Bonchev–Trinajstić information content (AvgIpc) is 2.37. The molecule has 5 N–H and O–H groups in total. The minimum atomic E-state index is -1.48. The van der Waals surface area contributed by atoms with Crippen LogP contribution in [0.5, 0.6) is 0 Å². The van der Waals surface area contributed by atoms with Crippen LogP contribution in [0, 0.1) is 10.8 Å². The van der Waals surface area contributed by atoms with E-state index in [-0.39, 0.29) is 0 Å². The summed E-state index contributed by atoms with van der Waals surface area (Å²) < 4.78 is 0. The molecule has 0 aromatic heterocycles. The van der Waals surface area contributed by atoms with Crippen LogP contribution in [0.25, 0.3) is 0 Å². The van der Waals surface area contributed by atoms with Gasteiger partial charge in [0.1, 0.15) is 0 Å². The van der Waals surface area contributed by atoms with Crippen molar-refractivity contribution in [2.75, 3.05) is 19.8 Å². The van der Waals surface area contributed by atoms with Crippen LogP contribution in [0.15, 0.2) is 24.3 Å². The third-order valence-electron chi connectivity index (χ3n) is 3.19. The summed E-state index contributed by atoms with van der Waals surface area (Å²) in [5, 5.41) is 45.3. The van der Waals surface area contributed by atoms with Gasteiger partial charge in [0.15, 0.2) is 0 Å². The maximum atomic E-state index is 10.6. The van der Waals surface area contributed by atoms with Crippen molar-refractivity contribution in [2.24, 2.45) is 10.8 Å². The van der Waals surface area contributed by atoms with Crippen LogP contribution in [-0.4, -0.2) is 57.3 Å². The Morgan fingerprint density at radius 3 is 1.42 bits per heavy atom. The molecule has 0 heterocycles. The molecule has 0 bridgehead atoms. The number of allylic oxidation sites excluding steroid dienone is 2. The number of aliphatic hydroxyl groups is 3. The van der Waals surface area contributed by atoms with E-state index in [0.29, 0.717) is 0 Å². The summed E-state index contributed by atoms with van der Waals surface area (Å²) >= 11 is 0. The summed E-state index contributed by atoms with van der Waals surface area (Å²) in [7, 11) is 0. The molecule has 0 radical (unpaired) electrons. The van der Waals surface area contributed by atoms with Crippen LogP contribution >= 0.6 is 0 Å². The lowest BCUT2D eigenvalue weighted by Crippen LogP contribution is -2.47. The van der Waals surface area contributed by atoms with Crippen molar-refractivity contribution in [1.29, 1.82) is 0 Å². The van der Waals surface area contributed by atoms with Gasteiger partial charge in [0.05, 0.1) is 25.2 Å². The Bertz CT molecular complexity index is 347. The normalized spacial score (nSPS) is 15.8. The van der Waals surface area contributed by atoms with Gasteiger partial charge in [0, 0.05) is 17.6 Å². The zero-order valence-corrected chi connectivity index (χ0v) is 10.5. The third-order valence-corrected chi connectivity index (χ3v) is 3.19. The Morgan fingerprint density at radius 1 is 0.895 bits per heavy atom. The van der Waals surface area contributed by atoms with Gasteiger partial charge in [0.2, 0.25) is 0 Å². The molecule has 19 heavy (non-hydrogen) atoms. The van der Waals surface area contributed by atoms with E-state index in [1.807, 2.05) is 0 Å². The first-order valence-corrected chi connectivity index (χ1v) is 5.44. The fourth-order valence-electron chi connectivity index (χ4n) is 1.56. The fraction of sp³-hybridized carbons (Fsp3) is 0.500. The maximum absolute atomic E-state index is 10.6. The molecule has 0 saturated carbocycles. The predicted octanol–water partition coefficient (Wildman–Crippen LogP) is -0.762. The van der Waals surface area contributed by atoms with Crippen molar-refractivity contribution in [3.63, 3.8) is 0 Å². The highest BCUT2D eigenvalue weighted by Crippen LogP contribution is 2.41. The van der Waals surface area contributed by atoms with E-state index < -0.39 is 42.6 Å². The second-order valence-corrected chi connectivity index (χ2v) is 4.38. The van der Waals surface area contributed by atoms with E-state index >= 15 is 0 Å². The molecule has 0 aliphatic heterocycles. The second-order valence-electron chi connectivity index (χ2n) is 4.38. The molecule has 0 aromatic rings. The Labute approximate surface area is 110 Å². The largest absolute Gasteiger partial charge is 0.478 e. The van der Waals surface area contributed by atoms with Gasteiger partial charge < -0.3 is 25.5 Å². The van der Waals surface area contributed by atoms with Crippen LogP contribution < -0.4 is 0 Å². The molecular weight excluding hydrogens is 256 g/mol. The van der Waals surface area contributed by atoms with E-state index in [2.05, 4.69) is 0 Å². The number of rotatable bonds is 8. The number of hydrogen-bond donors (Lipinski definition) is 5. The zero-order valence-electron chi connectivity index (χ0n) is 10.5. The van der Waals surface area contributed by atoms with E-state index in [4.69, 9.17) is 10.2 Å². The van der Waals surface area contributed by atoms with Crippen LogP contribution in [-0.2, 0) is 9.59 Å². The molecule has 0 aliphatic carbocycles. The maximum Gasteiger partial charge on any atom is 0.328 e. The summed E-state index contributed by atoms with van der Waals surface area (Å²) in [6, 6.07) is 0. The minimum Gasteiger partial charge on any atom is -0.478 e. The Hall–Kier alpha value is -1.70. The molecular formula is C12H18O7. The molecule has 0 rings (SSSR count). The van der Waals surface area contributed by atoms with Crippen molar-refractivity contribution < 1.29 is 35.1 Å². The summed E-state index contributed by atoms with van der Waals surface area (Å²) in [5.41, 5.74) is -2.83. The van der Waals surface area contributed by atoms with Gasteiger partial charge >= 0.3 is 11.9 Å². The predicted molar refractivity (Wildman–Crippen MR) is 65.3 cm³/mol. The van der Waals surface area contributed by atoms with Gasteiger partial charge in [-0.1, -0.05) is 19.1 Å². The highest BCUT2D eigenvalue weighted by Gasteiger charge is 2.44. The number of carbonyl (C=O) groups is 2. The van der Waals surface area contributed by atoms with Crippen molar-refractivity contribution in [3.8, 4) is 0 Å². The van der Waals surface area contributed by atoms with Gasteiger partial charge in [-0.05, 0) is 0 Å². The number of hydrogen-bond acceptors (Lipinski definition) is 5. The first kappa shape index (κ1) is 17.3. The highest BCUT2D eigenvalue weighted by atomic mass is 16.4. The van der Waals surface area contributed by atoms with E-state index in [9.17, 15) is 24.9 Å². The van der Waals surface area contributed by atoms with Gasteiger partial charge in [-0.15, -0.1) is 0 Å². The van der Waals surface area contributed by atoms with Crippen LogP contribution in [0.2, 0.25) is 0 Å². The number of aliphatic hydroxyl groups excluding tert-OH is 3. The summed E-state index contributed by atoms with van der Waals surface area (Å²) in [5.74, 6) is -2.53. The molecule has 0 amide bonds. The van der Waals surface area contributed by atoms with Crippen molar-refractivity contribution in [2.45, 2.75) is 6.92 Å². The molecule has 0 fully saturated rings. The Balaban J connectivity index is 5.72. The SMILES string of the molecule is CC(C=CC(=O)O)(C=CC(=O)O)C(CO)(CO)CO. The monoisotopic (exact) mass is 274 g/mol. The fourth-order valence-corrected chi connectivity index (χ4v) is 1.56. The van der Waals surface area contributed by atoms with Crippen molar-refractivity contribution in [1.82, 2.24) is 0 Å². The molecule has 7 nitrogen and oxygen atoms in total. The lowest BCUT2D eigenvalue weighted by atomic mass is 9.65. The van der Waals surface area contributed by atoms with Gasteiger partial charge in [-0.3, -0.25) is 0 Å². The standard InChI is InChI=1S/C12H18O7/c1-11(4-2-9(16)17,5-3-10(18)19)12(6-13,7-14)8-15/h2-5,13-15H,6-8H2,1H3,(H,16,17)(H,18,19). The van der Waals surface area contributed by atoms with Crippen LogP contribution in [0.1, 0.15) is 6.92 Å². The molecule has 0 aromatic carbocycles. The van der Waals surface area contributed by atoms with Crippen molar-refractivity contribution in [3.05, 3.63) is 24.3 Å². The van der Waals surface area contributed by atoms with E-state index in [1.165, 1.54) is 6.92 Å². The quantitative estimate of drug-likeness (QED) is 0.367. The van der Waals surface area contributed by atoms with Crippen LogP contribution in [0.4, 0.5) is 0 Å². The lowest BCUT2D eigenvalue weighted by Gasteiger charge is -2.41. The Morgan fingerprint density at radius 2 is 1.21 bits per heavy atom. The second kappa shape index (κ2) is 7.03. The third kappa shape index (κ3) is 4.16. The number of carboxylic acids is 2. The summed E-state index contributed by atoms with van der Waals surface area (Å²) in [4.78, 5) is 21.1. The number of carboxylic acid groups (broad SMARTS) is 2. The van der Waals surface area contributed by atoms with Gasteiger partial charge in [0.25, 0.3) is 0 Å². The molecule has 0 aliphatic rings. The molecule has 108 valence electrons. The topological polar surface area (TPSA) is 135 Å². The van der Waals surface area contributed by atoms with Gasteiger partial charge in [-0.2, -0.15) is 0 Å². The molecule has 0 unspecified atom stereocenters. The molecule has 0 atom stereocenters. The number of aliphatic carboxylic acids is 2. The smallest absolute Gasteiger partial charge is 0.328 e. The zero-order chi connectivity index (χ0) is 15.1. The first-order valence-electron chi connectivity index (χ1n) is 5.44. The highest BCUT2D eigenvalue weighted by molar-refractivity contribution is 5.81.